The van der Waals surface area contributed by atoms with Crippen LogP contribution in [-0.2, 0) is 0 Å². The topological polar surface area (TPSA) is 0 Å². The number of benzene rings is 2. The van der Waals surface area contributed by atoms with Gasteiger partial charge in [-0.1, -0.05) is 0 Å². The summed E-state index contributed by atoms with van der Waals surface area (Å²) in [7, 11) is 0. The summed E-state index contributed by atoms with van der Waals surface area (Å²) in [5, 5.41) is 0. The average Bonchev–Trinajstić information content (AvgIpc) is 2.29. The number of rotatable bonds is 2. The first kappa shape index (κ1) is 11.5. The Hall–Kier alpha value is -1.00. The molecule has 0 aliphatic rings. The fourth-order valence-electron chi connectivity index (χ4n) is 1.92. The van der Waals surface area contributed by atoms with Gasteiger partial charge in [0, 0.05) is 0 Å². The van der Waals surface area contributed by atoms with Crippen molar-refractivity contribution >= 4 is 17.9 Å². The van der Waals surface area contributed by atoms with Crippen molar-refractivity contribution in [3.05, 3.63) is 54.6 Å². The van der Waals surface area contributed by atoms with E-state index in [0.29, 0.717) is 0 Å². The van der Waals surface area contributed by atoms with Gasteiger partial charge in [0.1, 0.15) is 0 Å². The van der Waals surface area contributed by atoms with E-state index in [1.807, 2.05) is 0 Å². The van der Waals surface area contributed by atoms with Gasteiger partial charge >= 0.3 is 101 Å². The van der Waals surface area contributed by atoms with E-state index in [2.05, 4.69) is 71.7 Å². The molecule has 0 N–H and O–H groups in total. The van der Waals surface area contributed by atoms with Gasteiger partial charge in [-0.15, -0.1) is 0 Å². The Morgan fingerprint density at radius 3 is 1.88 bits per heavy atom. The molecule has 0 amide bonds. The Morgan fingerprint density at radius 2 is 1.25 bits per heavy atom. The molecule has 0 nitrogen and oxygen atoms in total. The molecule has 0 atom stereocenters. The maximum absolute atomic E-state index is 2.43. The van der Waals surface area contributed by atoms with Gasteiger partial charge in [-0.2, -0.15) is 0 Å². The molecule has 2 rings (SSSR count). The molecule has 1 heteroatoms. The molecule has 0 aliphatic carbocycles. The molecule has 2 aromatic carbocycles. The van der Waals surface area contributed by atoms with Gasteiger partial charge in [-0.05, 0) is 0 Å². The first-order valence-corrected chi connectivity index (χ1v) is 12.1. The van der Waals surface area contributed by atoms with E-state index in [4.69, 9.17) is 0 Å². The normalized spacial score (nSPS) is 11.4. The van der Waals surface area contributed by atoms with Gasteiger partial charge in [-0.25, -0.2) is 0 Å². The molecule has 16 heavy (non-hydrogen) atoms. The molecule has 0 aromatic heterocycles. The molecule has 0 unspecified atom stereocenters. The van der Waals surface area contributed by atoms with Crippen molar-refractivity contribution in [2.24, 2.45) is 0 Å². The van der Waals surface area contributed by atoms with E-state index in [-0.39, 0.29) is 0 Å². The first-order chi connectivity index (χ1) is 7.59. The fourth-order valence-corrected chi connectivity index (χ4v) is 4.98. The zero-order valence-electron chi connectivity index (χ0n) is 10.1. The Kier molecular flexibility index (Phi) is 3.21. The summed E-state index contributed by atoms with van der Waals surface area (Å²) in [6, 6.07) is 19.5. The zero-order chi connectivity index (χ0) is 11.6. The third kappa shape index (κ3) is 2.39. The molecule has 0 aliphatic heterocycles. The van der Waals surface area contributed by atoms with Crippen LogP contribution in [0.2, 0.25) is 17.1 Å². The predicted molar refractivity (Wildman–Crippen MR) is 74.9 cm³/mol. The van der Waals surface area contributed by atoms with E-state index in [1.165, 1.54) is 11.1 Å². The number of hydrogen-bond acceptors (Lipinski definition) is 0. The van der Waals surface area contributed by atoms with Crippen molar-refractivity contribution in [3.63, 3.8) is 0 Å². The number of hydrogen-bond donors (Lipinski definition) is 0. The standard InChI is InChI=1S/C15H18As/c1-16(2,3)15-12-8-7-11-14(15)13-9-5-4-6-10-13/h4-12H,1-3H3. The van der Waals surface area contributed by atoms with Gasteiger partial charge in [0.25, 0.3) is 0 Å². The molecular weight excluding hydrogens is 255 g/mol. The summed E-state index contributed by atoms with van der Waals surface area (Å²) < 4.78 is 1.58. The summed E-state index contributed by atoms with van der Waals surface area (Å²) in [5.74, 6) is 0. The van der Waals surface area contributed by atoms with Crippen LogP contribution in [0.1, 0.15) is 0 Å². The van der Waals surface area contributed by atoms with E-state index in [9.17, 15) is 0 Å². The summed E-state index contributed by atoms with van der Waals surface area (Å²) in [6.45, 7) is 0. The van der Waals surface area contributed by atoms with Crippen molar-refractivity contribution in [3.8, 4) is 11.1 Å². The molecule has 0 fully saturated rings. The first-order valence-electron chi connectivity index (χ1n) is 5.55. The second-order valence-electron chi connectivity index (χ2n) is 4.90. The van der Waals surface area contributed by atoms with E-state index >= 15 is 0 Å². The summed E-state index contributed by atoms with van der Waals surface area (Å²) in [6.07, 6.45) is 0. The molecular formula is C15H18As. The van der Waals surface area contributed by atoms with Gasteiger partial charge in [0.2, 0.25) is 0 Å². The Morgan fingerprint density at radius 1 is 0.688 bits per heavy atom. The Bertz CT molecular complexity index is 466. The third-order valence-electron chi connectivity index (χ3n) is 2.71. The van der Waals surface area contributed by atoms with Crippen LogP contribution in [0.25, 0.3) is 11.1 Å². The summed E-state index contributed by atoms with van der Waals surface area (Å²) in [5.41, 5.74) is 10.1. The molecule has 83 valence electrons. The van der Waals surface area contributed by atoms with Crippen LogP contribution in [0, 0.1) is 0 Å². The van der Waals surface area contributed by atoms with Crippen molar-refractivity contribution in [1.29, 1.82) is 0 Å². The molecule has 1 radical (unpaired) electrons. The Labute approximate surface area is 101 Å². The minimum absolute atomic E-state index is 1.34. The van der Waals surface area contributed by atoms with Gasteiger partial charge in [-0.3, -0.25) is 0 Å². The van der Waals surface area contributed by atoms with Gasteiger partial charge in [0.05, 0.1) is 0 Å². The minimum atomic E-state index is -1.60. The molecule has 0 heterocycles. The van der Waals surface area contributed by atoms with Crippen LogP contribution >= 0.6 is 0 Å². The van der Waals surface area contributed by atoms with Gasteiger partial charge < -0.3 is 0 Å². The van der Waals surface area contributed by atoms with E-state index < -0.39 is 13.6 Å². The quantitative estimate of drug-likeness (QED) is 0.728. The van der Waals surface area contributed by atoms with Crippen molar-refractivity contribution < 1.29 is 0 Å². The van der Waals surface area contributed by atoms with Gasteiger partial charge in [0.15, 0.2) is 0 Å². The molecule has 0 spiro atoms. The predicted octanol–water partition coefficient (Wildman–Crippen LogP) is 3.90. The second-order valence-corrected chi connectivity index (χ2v) is 14.4. The van der Waals surface area contributed by atoms with Crippen molar-refractivity contribution in [2.45, 2.75) is 17.1 Å². The summed E-state index contributed by atoms with van der Waals surface area (Å²) >= 11 is -1.60. The Balaban J connectivity index is 2.58. The van der Waals surface area contributed by atoms with Crippen molar-refractivity contribution in [2.75, 3.05) is 0 Å². The van der Waals surface area contributed by atoms with Crippen LogP contribution in [0.4, 0.5) is 0 Å². The second kappa shape index (κ2) is 4.47. The van der Waals surface area contributed by atoms with Crippen LogP contribution < -0.4 is 4.35 Å². The molecule has 2 aromatic rings. The molecule has 0 saturated carbocycles. The van der Waals surface area contributed by atoms with E-state index in [0.717, 1.165) is 0 Å². The maximum atomic E-state index is 2.43. The van der Waals surface area contributed by atoms with Crippen LogP contribution in [0.5, 0.6) is 0 Å². The molecule has 0 saturated heterocycles. The van der Waals surface area contributed by atoms with E-state index in [1.54, 1.807) is 4.35 Å². The average molecular weight is 273 g/mol. The van der Waals surface area contributed by atoms with Crippen LogP contribution in [0.15, 0.2) is 54.6 Å². The summed E-state index contributed by atoms with van der Waals surface area (Å²) in [4.78, 5) is 0. The SMILES string of the molecule is C[As](C)(C)c1ccccc1-c1ccccc1. The monoisotopic (exact) mass is 273 g/mol. The van der Waals surface area contributed by atoms with Crippen LogP contribution in [0.3, 0.4) is 0 Å². The third-order valence-corrected chi connectivity index (χ3v) is 6.56. The fraction of sp³-hybridized carbons (Fsp3) is 0.200. The van der Waals surface area contributed by atoms with Crippen LogP contribution in [-0.4, -0.2) is 13.6 Å². The van der Waals surface area contributed by atoms with Crippen molar-refractivity contribution in [1.82, 2.24) is 0 Å². The molecule has 0 bridgehead atoms. The zero-order valence-corrected chi connectivity index (χ0v) is 12.0.